The number of fused-ring (bicyclic) bond motifs is 1. The number of nitrogens with zero attached hydrogens (tertiary/aromatic N) is 1. The van der Waals surface area contributed by atoms with E-state index in [1.54, 1.807) is 0 Å². The topological polar surface area (TPSA) is 65.2 Å². The first-order chi connectivity index (χ1) is 9.58. The van der Waals surface area contributed by atoms with Gasteiger partial charge in [0.25, 0.3) is 0 Å². The van der Waals surface area contributed by atoms with Crippen molar-refractivity contribution in [3.8, 4) is 0 Å². The summed E-state index contributed by atoms with van der Waals surface area (Å²) in [5, 5.41) is 0.941. The van der Waals surface area contributed by atoms with Crippen LogP contribution in [-0.2, 0) is 4.74 Å². The number of ether oxygens (including phenoxy) is 1. The van der Waals surface area contributed by atoms with E-state index in [4.69, 9.17) is 10.5 Å². The number of hydrogen-bond acceptors (Lipinski definition) is 5. The Morgan fingerprint density at radius 1 is 1.40 bits per heavy atom. The van der Waals surface area contributed by atoms with Gasteiger partial charge in [0.05, 0.1) is 10.6 Å². The van der Waals surface area contributed by atoms with Gasteiger partial charge in [-0.3, -0.25) is 4.79 Å². The standard InChI is InChI=1S/C15H18N2O2S/c1-8-7-9(2)17-15-11(8)12(16)14(20-15)13(18)10-3-5-19-6-4-10/h7,10H,3-6,16H2,1-2H3. The van der Waals surface area contributed by atoms with Crippen LogP contribution in [0.4, 0.5) is 5.69 Å². The Morgan fingerprint density at radius 2 is 2.10 bits per heavy atom. The van der Waals surface area contributed by atoms with Crippen molar-refractivity contribution in [2.45, 2.75) is 26.7 Å². The van der Waals surface area contributed by atoms with E-state index in [1.807, 2.05) is 19.9 Å². The lowest BCUT2D eigenvalue weighted by Crippen LogP contribution is -2.23. The number of aryl methyl sites for hydroxylation is 2. The number of carbonyl (C=O) groups excluding carboxylic acids is 1. The maximum atomic E-state index is 12.6. The number of rotatable bonds is 2. The minimum absolute atomic E-state index is 0.0421. The molecule has 2 aromatic rings. The minimum Gasteiger partial charge on any atom is -0.397 e. The van der Waals surface area contributed by atoms with E-state index in [-0.39, 0.29) is 11.7 Å². The molecule has 5 heteroatoms. The minimum atomic E-state index is 0.0421. The van der Waals surface area contributed by atoms with Crippen molar-refractivity contribution in [1.29, 1.82) is 0 Å². The van der Waals surface area contributed by atoms with Crippen molar-refractivity contribution >= 4 is 33.0 Å². The van der Waals surface area contributed by atoms with Crippen molar-refractivity contribution in [3.63, 3.8) is 0 Å². The molecule has 1 saturated heterocycles. The first-order valence-corrected chi connectivity index (χ1v) is 7.67. The number of ketones is 1. The predicted molar refractivity (Wildman–Crippen MR) is 81.4 cm³/mol. The summed E-state index contributed by atoms with van der Waals surface area (Å²) >= 11 is 1.43. The summed E-state index contributed by atoms with van der Waals surface area (Å²) in [6.45, 7) is 5.31. The second kappa shape index (κ2) is 5.14. The van der Waals surface area contributed by atoms with Gasteiger partial charge in [-0.2, -0.15) is 0 Å². The van der Waals surface area contributed by atoms with Crippen LogP contribution in [0.25, 0.3) is 10.2 Å². The van der Waals surface area contributed by atoms with Crippen molar-refractivity contribution in [3.05, 3.63) is 22.2 Å². The monoisotopic (exact) mass is 290 g/mol. The molecule has 0 atom stereocenters. The number of anilines is 1. The maximum Gasteiger partial charge on any atom is 0.178 e. The summed E-state index contributed by atoms with van der Waals surface area (Å²) in [4.78, 5) is 18.7. The van der Waals surface area contributed by atoms with Crippen LogP contribution in [0.5, 0.6) is 0 Å². The zero-order valence-corrected chi connectivity index (χ0v) is 12.5. The summed E-state index contributed by atoms with van der Waals surface area (Å²) in [6, 6.07) is 2.01. The van der Waals surface area contributed by atoms with Gasteiger partial charge in [0.1, 0.15) is 4.83 Å². The van der Waals surface area contributed by atoms with Crippen LogP contribution in [0.15, 0.2) is 6.07 Å². The fraction of sp³-hybridized carbons (Fsp3) is 0.467. The second-order valence-electron chi connectivity index (χ2n) is 5.36. The number of pyridine rings is 1. The Morgan fingerprint density at radius 3 is 2.80 bits per heavy atom. The average Bonchev–Trinajstić information content (AvgIpc) is 2.76. The lowest BCUT2D eigenvalue weighted by Gasteiger charge is -2.20. The average molecular weight is 290 g/mol. The molecular weight excluding hydrogens is 272 g/mol. The molecule has 2 aromatic heterocycles. The van der Waals surface area contributed by atoms with Gasteiger partial charge >= 0.3 is 0 Å². The van der Waals surface area contributed by atoms with Gasteiger partial charge in [0.2, 0.25) is 0 Å². The van der Waals surface area contributed by atoms with Crippen LogP contribution < -0.4 is 5.73 Å². The Hall–Kier alpha value is -1.46. The van der Waals surface area contributed by atoms with Gasteiger partial charge < -0.3 is 10.5 Å². The van der Waals surface area contributed by atoms with Crippen LogP contribution >= 0.6 is 11.3 Å². The summed E-state index contributed by atoms with van der Waals surface area (Å²) < 4.78 is 5.32. The first-order valence-electron chi connectivity index (χ1n) is 6.86. The van der Waals surface area contributed by atoms with Crippen LogP contribution in [0.2, 0.25) is 0 Å². The number of thiophene rings is 1. The largest absolute Gasteiger partial charge is 0.397 e. The molecule has 0 radical (unpaired) electrons. The molecule has 0 amide bonds. The van der Waals surface area contributed by atoms with Crippen LogP contribution in [0.1, 0.15) is 33.8 Å². The molecule has 1 aliphatic rings. The SMILES string of the molecule is Cc1cc(C)c2c(N)c(C(=O)C3CCOCC3)sc2n1. The Labute approximate surface area is 122 Å². The van der Waals surface area contributed by atoms with Crippen molar-refractivity contribution < 1.29 is 9.53 Å². The molecule has 0 bridgehead atoms. The number of nitrogens with two attached hydrogens (primary N) is 1. The molecule has 106 valence electrons. The zero-order valence-electron chi connectivity index (χ0n) is 11.7. The van der Waals surface area contributed by atoms with Gasteiger partial charge in [-0.1, -0.05) is 0 Å². The van der Waals surface area contributed by atoms with Gasteiger partial charge in [-0.25, -0.2) is 4.98 Å². The normalized spacial score (nSPS) is 16.7. The number of hydrogen-bond donors (Lipinski definition) is 1. The molecule has 20 heavy (non-hydrogen) atoms. The number of Topliss-reactive ketones (excluding diaryl/α,β-unsaturated/α-hetero) is 1. The molecule has 0 aromatic carbocycles. The summed E-state index contributed by atoms with van der Waals surface area (Å²) in [6.07, 6.45) is 1.58. The molecule has 2 N–H and O–H groups in total. The predicted octanol–water partition coefficient (Wildman–Crippen LogP) is 3.10. The Kier molecular flexibility index (Phi) is 3.48. The molecule has 1 aliphatic heterocycles. The molecule has 1 fully saturated rings. The fourth-order valence-corrected chi connectivity index (χ4v) is 4.03. The molecule has 0 unspecified atom stereocenters. The van der Waals surface area contributed by atoms with Crippen molar-refractivity contribution in [2.75, 3.05) is 18.9 Å². The highest BCUT2D eigenvalue weighted by atomic mass is 32.1. The maximum absolute atomic E-state index is 12.6. The molecule has 0 spiro atoms. The third-order valence-corrected chi connectivity index (χ3v) is 4.95. The zero-order chi connectivity index (χ0) is 14.3. The number of carbonyl (C=O) groups is 1. The third kappa shape index (κ3) is 2.21. The van der Waals surface area contributed by atoms with E-state index in [0.29, 0.717) is 23.8 Å². The molecule has 0 saturated carbocycles. The second-order valence-corrected chi connectivity index (χ2v) is 6.36. The fourth-order valence-electron chi connectivity index (χ4n) is 2.80. The Bertz CT molecular complexity index is 672. The quantitative estimate of drug-likeness (QED) is 0.863. The first kappa shape index (κ1) is 13.5. The van der Waals surface area contributed by atoms with Gasteiger partial charge in [0.15, 0.2) is 5.78 Å². The molecule has 0 aliphatic carbocycles. The van der Waals surface area contributed by atoms with Gasteiger partial charge in [-0.15, -0.1) is 11.3 Å². The molecular formula is C15H18N2O2S. The van der Waals surface area contributed by atoms with Crippen molar-refractivity contribution in [2.24, 2.45) is 5.92 Å². The number of nitrogen functional groups attached to an aromatic ring is 1. The van der Waals surface area contributed by atoms with Crippen molar-refractivity contribution in [1.82, 2.24) is 4.98 Å². The van der Waals surface area contributed by atoms with E-state index in [0.717, 1.165) is 34.3 Å². The van der Waals surface area contributed by atoms with E-state index < -0.39 is 0 Å². The van der Waals surface area contributed by atoms with Crippen LogP contribution in [-0.4, -0.2) is 24.0 Å². The summed E-state index contributed by atoms with van der Waals surface area (Å²) in [5.74, 6) is 0.200. The van der Waals surface area contributed by atoms with E-state index in [2.05, 4.69) is 4.98 Å². The number of aromatic nitrogens is 1. The van der Waals surface area contributed by atoms with Gasteiger partial charge in [-0.05, 0) is 38.3 Å². The van der Waals surface area contributed by atoms with E-state index >= 15 is 0 Å². The highest BCUT2D eigenvalue weighted by Gasteiger charge is 2.27. The Balaban J connectivity index is 2.05. The molecule has 4 nitrogen and oxygen atoms in total. The van der Waals surface area contributed by atoms with E-state index in [9.17, 15) is 4.79 Å². The molecule has 3 rings (SSSR count). The van der Waals surface area contributed by atoms with Gasteiger partial charge in [0, 0.05) is 30.2 Å². The summed E-state index contributed by atoms with van der Waals surface area (Å²) in [7, 11) is 0. The lowest BCUT2D eigenvalue weighted by atomic mass is 9.94. The molecule has 3 heterocycles. The van der Waals surface area contributed by atoms with E-state index in [1.165, 1.54) is 11.3 Å². The smallest absolute Gasteiger partial charge is 0.178 e. The third-order valence-electron chi connectivity index (χ3n) is 3.84. The summed E-state index contributed by atoms with van der Waals surface area (Å²) in [5.41, 5.74) is 8.87. The highest BCUT2D eigenvalue weighted by Crippen LogP contribution is 2.37. The lowest BCUT2D eigenvalue weighted by molar-refractivity contribution is 0.0548. The highest BCUT2D eigenvalue weighted by molar-refractivity contribution is 7.21. The van der Waals surface area contributed by atoms with Crippen LogP contribution in [0.3, 0.4) is 0 Å². The van der Waals surface area contributed by atoms with Crippen LogP contribution in [0, 0.1) is 19.8 Å².